The molecule has 0 bridgehead atoms. The molecule has 0 saturated carbocycles. The summed E-state index contributed by atoms with van der Waals surface area (Å²) >= 11 is 0. The minimum atomic E-state index is -3.45. The Morgan fingerprint density at radius 3 is 2.35 bits per heavy atom. The van der Waals surface area contributed by atoms with Gasteiger partial charge in [-0.3, -0.25) is 0 Å². The summed E-state index contributed by atoms with van der Waals surface area (Å²) in [6, 6.07) is 14.7. The SMILES string of the molecule is COc1ccc(-c2cnc3nc(N)nc(N4CCN(S(=O)(=O)Cc5ccccc5)CC4)c3n2)cc1OC. The highest BCUT2D eigenvalue weighted by Gasteiger charge is 2.29. The molecule has 1 aliphatic heterocycles. The zero-order valence-electron chi connectivity index (χ0n) is 20.5. The maximum atomic E-state index is 13.0. The van der Waals surface area contributed by atoms with Gasteiger partial charge in [-0.05, 0) is 23.8 Å². The number of methoxy groups -OCH3 is 2. The van der Waals surface area contributed by atoms with Gasteiger partial charge in [-0.15, -0.1) is 0 Å². The Bertz CT molecular complexity index is 1530. The molecule has 1 fully saturated rings. The maximum absolute atomic E-state index is 13.0. The van der Waals surface area contributed by atoms with Crippen molar-refractivity contribution >= 4 is 33.0 Å². The van der Waals surface area contributed by atoms with E-state index in [4.69, 9.17) is 20.2 Å². The van der Waals surface area contributed by atoms with Crippen molar-refractivity contribution in [2.24, 2.45) is 0 Å². The lowest BCUT2D eigenvalue weighted by atomic mass is 10.1. The highest BCUT2D eigenvalue weighted by atomic mass is 32.2. The summed E-state index contributed by atoms with van der Waals surface area (Å²) in [6.07, 6.45) is 1.62. The van der Waals surface area contributed by atoms with Gasteiger partial charge in [-0.25, -0.2) is 18.4 Å². The molecule has 12 heteroatoms. The summed E-state index contributed by atoms with van der Waals surface area (Å²) < 4.78 is 38.2. The molecule has 3 heterocycles. The van der Waals surface area contributed by atoms with Gasteiger partial charge < -0.3 is 20.1 Å². The van der Waals surface area contributed by atoms with Crippen LogP contribution in [0.5, 0.6) is 11.5 Å². The molecule has 0 unspecified atom stereocenters. The van der Waals surface area contributed by atoms with Gasteiger partial charge in [0.2, 0.25) is 16.0 Å². The van der Waals surface area contributed by atoms with Crippen LogP contribution in [0.4, 0.5) is 11.8 Å². The minimum absolute atomic E-state index is 0.0304. The number of anilines is 2. The third-order valence-corrected chi connectivity index (χ3v) is 8.06. The molecule has 1 saturated heterocycles. The van der Waals surface area contributed by atoms with Crippen molar-refractivity contribution in [2.75, 3.05) is 51.0 Å². The van der Waals surface area contributed by atoms with E-state index in [2.05, 4.69) is 15.0 Å². The number of hydrogen-bond acceptors (Lipinski definition) is 10. The van der Waals surface area contributed by atoms with E-state index < -0.39 is 10.0 Å². The molecular formula is C25H27N7O4S. The molecule has 2 aromatic carbocycles. The van der Waals surface area contributed by atoms with Crippen LogP contribution in [0.15, 0.2) is 54.7 Å². The van der Waals surface area contributed by atoms with E-state index in [1.165, 1.54) is 4.31 Å². The third-order valence-electron chi connectivity index (χ3n) is 6.21. The molecule has 2 aromatic heterocycles. The predicted molar refractivity (Wildman–Crippen MR) is 141 cm³/mol. The molecule has 0 spiro atoms. The zero-order valence-corrected chi connectivity index (χ0v) is 21.4. The minimum Gasteiger partial charge on any atom is -0.493 e. The van der Waals surface area contributed by atoms with Crippen LogP contribution in [-0.4, -0.2) is 73.1 Å². The van der Waals surface area contributed by atoms with Crippen LogP contribution in [0, 0.1) is 0 Å². The molecule has 11 nitrogen and oxygen atoms in total. The number of benzene rings is 2. The van der Waals surface area contributed by atoms with Gasteiger partial charge in [-0.2, -0.15) is 14.3 Å². The van der Waals surface area contributed by atoms with E-state index in [1.54, 1.807) is 26.5 Å². The molecule has 1 aliphatic rings. The Labute approximate surface area is 215 Å². The lowest BCUT2D eigenvalue weighted by molar-refractivity contribution is 0.355. The van der Waals surface area contributed by atoms with Crippen molar-refractivity contribution < 1.29 is 17.9 Å². The fourth-order valence-electron chi connectivity index (χ4n) is 4.32. The first-order valence-corrected chi connectivity index (χ1v) is 13.3. The first-order valence-electron chi connectivity index (χ1n) is 11.7. The maximum Gasteiger partial charge on any atom is 0.224 e. The molecular weight excluding hydrogens is 494 g/mol. The van der Waals surface area contributed by atoms with Gasteiger partial charge in [0.15, 0.2) is 28.5 Å². The van der Waals surface area contributed by atoms with Gasteiger partial charge >= 0.3 is 0 Å². The second-order valence-electron chi connectivity index (χ2n) is 8.53. The number of nitrogen functional groups attached to an aromatic ring is 1. The van der Waals surface area contributed by atoms with Crippen LogP contribution < -0.4 is 20.1 Å². The number of rotatable bonds is 7. The van der Waals surface area contributed by atoms with E-state index in [0.717, 1.165) is 11.1 Å². The van der Waals surface area contributed by atoms with Gasteiger partial charge in [0, 0.05) is 31.7 Å². The Morgan fingerprint density at radius 2 is 1.65 bits per heavy atom. The van der Waals surface area contributed by atoms with Gasteiger partial charge in [0.1, 0.15) is 0 Å². The zero-order chi connectivity index (χ0) is 26.0. The largest absolute Gasteiger partial charge is 0.493 e. The van der Waals surface area contributed by atoms with Crippen LogP contribution in [0.3, 0.4) is 0 Å². The Balaban J connectivity index is 1.41. The topological polar surface area (TPSA) is 137 Å². The molecule has 0 aliphatic carbocycles. The van der Waals surface area contributed by atoms with Crippen LogP contribution in [0.25, 0.3) is 22.4 Å². The normalized spacial score (nSPS) is 14.6. The fraction of sp³-hybridized carbons (Fsp3) is 0.280. The van der Waals surface area contributed by atoms with Crippen LogP contribution >= 0.6 is 0 Å². The number of aromatic nitrogens is 4. The first-order chi connectivity index (χ1) is 17.9. The number of fused-ring (bicyclic) bond motifs is 1. The van der Waals surface area contributed by atoms with Crippen LogP contribution in [-0.2, 0) is 15.8 Å². The van der Waals surface area contributed by atoms with E-state index in [-0.39, 0.29) is 11.7 Å². The van der Waals surface area contributed by atoms with Crippen LogP contribution in [0.2, 0.25) is 0 Å². The van der Waals surface area contributed by atoms with Gasteiger partial charge in [0.25, 0.3) is 0 Å². The fourth-order valence-corrected chi connectivity index (χ4v) is 5.83. The molecule has 4 aromatic rings. The second-order valence-corrected chi connectivity index (χ2v) is 10.5. The quantitative estimate of drug-likeness (QED) is 0.386. The average molecular weight is 522 g/mol. The predicted octanol–water partition coefficient (Wildman–Crippen LogP) is 2.34. The lowest BCUT2D eigenvalue weighted by Crippen LogP contribution is -2.49. The summed E-state index contributed by atoms with van der Waals surface area (Å²) in [4.78, 5) is 19.9. The summed E-state index contributed by atoms with van der Waals surface area (Å²) in [7, 11) is -0.300. The Morgan fingerprint density at radius 1 is 0.919 bits per heavy atom. The van der Waals surface area contributed by atoms with Gasteiger partial charge in [-0.1, -0.05) is 30.3 Å². The summed E-state index contributed by atoms with van der Waals surface area (Å²) in [6.45, 7) is 1.51. The highest BCUT2D eigenvalue weighted by Crippen LogP contribution is 2.33. The van der Waals surface area contributed by atoms with Crippen molar-refractivity contribution in [1.82, 2.24) is 24.2 Å². The van der Waals surface area contributed by atoms with Crippen LogP contribution in [0.1, 0.15) is 5.56 Å². The molecule has 37 heavy (non-hydrogen) atoms. The number of nitrogens with two attached hydrogens (primary N) is 1. The van der Waals surface area contributed by atoms with Gasteiger partial charge in [0.05, 0.1) is 31.9 Å². The Kier molecular flexibility index (Phi) is 6.76. The smallest absolute Gasteiger partial charge is 0.224 e. The number of hydrogen-bond donors (Lipinski definition) is 1. The average Bonchev–Trinajstić information content (AvgIpc) is 2.92. The molecule has 2 N–H and O–H groups in total. The highest BCUT2D eigenvalue weighted by molar-refractivity contribution is 7.88. The molecule has 0 radical (unpaired) electrons. The number of ether oxygens (including phenoxy) is 2. The summed E-state index contributed by atoms with van der Waals surface area (Å²) in [5, 5.41) is 0. The molecule has 0 atom stereocenters. The number of nitrogens with zero attached hydrogens (tertiary/aromatic N) is 6. The van der Waals surface area contributed by atoms with Crippen molar-refractivity contribution in [2.45, 2.75) is 5.75 Å². The van der Waals surface area contributed by atoms with Crippen molar-refractivity contribution in [3.05, 3.63) is 60.3 Å². The van der Waals surface area contributed by atoms with Crippen molar-refractivity contribution in [1.29, 1.82) is 0 Å². The molecule has 192 valence electrons. The number of piperazine rings is 1. The summed E-state index contributed by atoms with van der Waals surface area (Å²) in [5.74, 6) is 1.75. The van der Waals surface area contributed by atoms with E-state index in [0.29, 0.717) is 60.4 Å². The Hall–Kier alpha value is -4.03. The van der Waals surface area contributed by atoms with E-state index in [1.807, 2.05) is 47.4 Å². The standard InChI is InChI=1S/C25H27N7O4S/c1-35-20-9-8-18(14-21(20)36-2)19-15-27-23-22(28-19)24(30-25(26)29-23)31-10-12-32(13-11-31)37(33,34)16-17-6-4-3-5-7-17/h3-9,14-15H,10-13,16H2,1-2H3,(H2,26,27,29,30). The monoisotopic (exact) mass is 521 g/mol. The summed E-state index contributed by atoms with van der Waals surface area (Å²) in [5.41, 5.74) is 8.98. The van der Waals surface area contributed by atoms with Crippen molar-refractivity contribution in [3.8, 4) is 22.8 Å². The number of sulfonamides is 1. The van der Waals surface area contributed by atoms with E-state index >= 15 is 0 Å². The van der Waals surface area contributed by atoms with Crippen molar-refractivity contribution in [3.63, 3.8) is 0 Å². The van der Waals surface area contributed by atoms with E-state index in [9.17, 15) is 8.42 Å². The molecule has 0 amide bonds. The second kappa shape index (κ2) is 10.1. The molecule has 5 rings (SSSR count). The third kappa shape index (κ3) is 5.11. The first kappa shape index (κ1) is 24.7. The lowest BCUT2D eigenvalue weighted by Gasteiger charge is -2.34.